The van der Waals surface area contributed by atoms with Crippen LogP contribution in [-0.4, -0.2) is 27.9 Å². The smallest absolute Gasteiger partial charge is 0.322 e. The van der Waals surface area contributed by atoms with E-state index in [1.807, 2.05) is 0 Å². The van der Waals surface area contributed by atoms with Crippen molar-refractivity contribution in [3.05, 3.63) is 0 Å². The van der Waals surface area contributed by atoms with Gasteiger partial charge in [-0.1, -0.05) is 20.8 Å². The summed E-state index contributed by atoms with van der Waals surface area (Å²) in [6, 6.07) is 0.929. The number of rotatable bonds is 9. The Bertz CT molecular complexity index is 117. The van der Waals surface area contributed by atoms with Gasteiger partial charge in [-0.05, 0) is 19.3 Å². The zero-order chi connectivity index (χ0) is 10.8. The third-order valence-electron chi connectivity index (χ3n) is 1.91. The van der Waals surface area contributed by atoms with Crippen LogP contribution in [0.2, 0.25) is 6.04 Å². The fourth-order valence-corrected chi connectivity index (χ4v) is 3.61. The second-order valence-corrected chi connectivity index (χ2v) is 6.03. The molecular weight excluding hydrogens is 216 g/mol. The van der Waals surface area contributed by atoms with Crippen LogP contribution in [-0.2, 0) is 8.85 Å². The first-order chi connectivity index (χ1) is 6.74. The molecule has 0 fully saturated rings. The molecule has 0 aromatic rings. The standard InChI is InChI=1S/C10H23ClO2Si/c1-4-7-12-14(13-8-5-2)9-10(11)6-3/h10,14H,4-9H2,1-3H3. The van der Waals surface area contributed by atoms with Gasteiger partial charge in [0.25, 0.3) is 0 Å². The van der Waals surface area contributed by atoms with Gasteiger partial charge in [-0.15, -0.1) is 11.6 Å². The first kappa shape index (κ1) is 14.4. The molecule has 2 nitrogen and oxygen atoms in total. The van der Waals surface area contributed by atoms with E-state index in [2.05, 4.69) is 20.8 Å². The molecule has 0 bridgehead atoms. The van der Waals surface area contributed by atoms with Crippen LogP contribution in [0.5, 0.6) is 0 Å². The first-order valence-corrected chi connectivity index (χ1v) is 7.81. The van der Waals surface area contributed by atoms with Gasteiger partial charge >= 0.3 is 9.28 Å². The number of alkyl halides is 1. The van der Waals surface area contributed by atoms with Crippen molar-refractivity contribution < 1.29 is 8.85 Å². The van der Waals surface area contributed by atoms with Crippen molar-refractivity contribution in [3.8, 4) is 0 Å². The van der Waals surface area contributed by atoms with Gasteiger partial charge in [0.15, 0.2) is 0 Å². The van der Waals surface area contributed by atoms with Gasteiger partial charge in [0, 0.05) is 24.6 Å². The molecule has 0 amide bonds. The summed E-state index contributed by atoms with van der Waals surface area (Å²) in [4.78, 5) is 0. The summed E-state index contributed by atoms with van der Waals surface area (Å²) in [6.07, 6.45) is 3.10. The minimum atomic E-state index is -1.48. The minimum Gasteiger partial charge on any atom is -0.397 e. The molecule has 0 aliphatic rings. The Balaban J connectivity index is 3.71. The first-order valence-electron chi connectivity index (χ1n) is 5.61. The Morgan fingerprint density at radius 1 is 1.07 bits per heavy atom. The lowest BCUT2D eigenvalue weighted by Crippen LogP contribution is -2.27. The van der Waals surface area contributed by atoms with Gasteiger partial charge < -0.3 is 8.85 Å². The third kappa shape index (κ3) is 7.80. The summed E-state index contributed by atoms with van der Waals surface area (Å²) in [7, 11) is -1.48. The largest absolute Gasteiger partial charge is 0.397 e. The lowest BCUT2D eigenvalue weighted by atomic mass is 10.4. The van der Waals surface area contributed by atoms with E-state index in [0.29, 0.717) is 0 Å². The maximum absolute atomic E-state index is 6.09. The van der Waals surface area contributed by atoms with Crippen molar-refractivity contribution in [2.45, 2.75) is 51.5 Å². The molecule has 4 heteroatoms. The highest BCUT2D eigenvalue weighted by atomic mass is 35.5. The van der Waals surface area contributed by atoms with Crippen molar-refractivity contribution in [1.82, 2.24) is 0 Å². The van der Waals surface area contributed by atoms with Crippen LogP contribution in [0.4, 0.5) is 0 Å². The minimum absolute atomic E-state index is 0.223. The van der Waals surface area contributed by atoms with Crippen molar-refractivity contribution in [2.75, 3.05) is 13.2 Å². The van der Waals surface area contributed by atoms with Gasteiger partial charge in [-0.3, -0.25) is 0 Å². The number of hydrogen-bond acceptors (Lipinski definition) is 2. The highest BCUT2D eigenvalue weighted by Gasteiger charge is 2.17. The zero-order valence-electron chi connectivity index (χ0n) is 9.59. The lowest BCUT2D eigenvalue weighted by Gasteiger charge is -2.18. The summed E-state index contributed by atoms with van der Waals surface area (Å²) in [5, 5.41) is 0.223. The highest BCUT2D eigenvalue weighted by Crippen LogP contribution is 2.12. The van der Waals surface area contributed by atoms with Crippen LogP contribution in [0.1, 0.15) is 40.0 Å². The van der Waals surface area contributed by atoms with E-state index in [9.17, 15) is 0 Å². The number of halogens is 1. The second kappa shape index (κ2) is 9.96. The van der Waals surface area contributed by atoms with Crippen LogP contribution < -0.4 is 0 Å². The fourth-order valence-electron chi connectivity index (χ4n) is 1.06. The van der Waals surface area contributed by atoms with Crippen molar-refractivity contribution >= 4 is 20.9 Å². The van der Waals surface area contributed by atoms with Gasteiger partial charge in [0.05, 0.1) is 0 Å². The Kier molecular flexibility index (Phi) is 10.3. The number of hydrogen-bond donors (Lipinski definition) is 0. The summed E-state index contributed by atoms with van der Waals surface area (Å²) in [6.45, 7) is 7.96. The van der Waals surface area contributed by atoms with Crippen LogP contribution >= 0.6 is 11.6 Å². The van der Waals surface area contributed by atoms with Gasteiger partial charge in [-0.2, -0.15) is 0 Å². The lowest BCUT2D eigenvalue weighted by molar-refractivity contribution is 0.196. The predicted octanol–water partition coefficient (Wildman–Crippen LogP) is 3.08. The molecule has 0 aromatic heterocycles. The Morgan fingerprint density at radius 2 is 1.57 bits per heavy atom. The molecule has 0 spiro atoms. The highest BCUT2D eigenvalue weighted by molar-refractivity contribution is 6.46. The third-order valence-corrected chi connectivity index (χ3v) is 4.86. The summed E-state index contributed by atoms with van der Waals surface area (Å²) < 4.78 is 11.4. The summed E-state index contributed by atoms with van der Waals surface area (Å²) in [5.74, 6) is 0. The van der Waals surface area contributed by atoms with E-state index < -0.39 is 9.28 Å². The summed E-state index contributed by atoms with van der Waals surface area (Å²) >= 11 is 6.09. The maximum Gasteiger partial charge on any atom is 0.322 e. The van der Waals surface area contributed by atoms with Gasteiger partial charge in [-0.25, -0.2) is 0 Å². The molecule has 0 N–H and O–H groups in total. The molecule has 1 unspecified atom stereocenters. The van der Waals surface area contributed by atoms with Gasteiger partial charge in [0.2, 0.25) is 0 Å². The molecule has 86 valence electrons. The van der Waals surface area contributed by atoms with Crippen LogP contribution in [0.3, 0.4) is 0 Å². The summed E-state index contributed by atoms with van der Waals surface area (Å²) in [5.41, 5.74) is 0. The molecule has 0 radical (unpaired) electrons. The molecule has 0 saturated heterocycles. The monoisotopic (exact) mass is 238 g/mol. The van der Waals surface area contributed by atoms with Crippen molar-refractivity contribution in [1.29, 1.82) is 0 Å². The molecule has 0 saturated carbocycles. The molecule has 0 rings (SSSR count). The quantitative estimate of drug-likeness (QED) is 0.454. The van der Waals surface area contributed by atoms with E-state index in [1.54, 1.807) is 0 Å². The molecule has 0 aliphatic heterocycles. The predicted molar refractivity (Wildman–Crippen MR) is 64.4 cm³/mol. The van der Waals surface area contributed by atoms with Crippen molar-refractivity contribution in [3.63, 3.8) is 0 Å². The average Bonchev–Trinajstić information content (AvgIpc) is 2.21. The van der Waals surface area contributed by atoms with Gasteiger partial charge in [0.1, 0.15) is 0 Å². The Morgan fingerprint density at radius 3 is 1.93 bits per heavy atom. The molecule has 1 atom stereocenters. The second-order valence-electron chi connectivity index (χ2n) is 3.41. The van der Waals surface area contributed by atoms with E-state index >= 15 is 0 Å². The van der Waals surface area contributed by atoms with E-state index in [-0.39, 0.29) is 5.38 Å². The SMILES string of the molecule is CCCO[SiH](CC(Cl)CC)OCCC. The van der Waals surface area contributed by atoms with E-state index in [0.717, 1.165) is 38.5 Å². The van der Waals surface area contributed by atoms with E-state index in [1.165, 1.54) is 0 Å². The normalized spacial score (nSPS) is 13.5. The van der Waals surface area contributed by atoms with Crippen LogP contribution in [0, 0.1) is 0 Å². The molecule has 0 aliphatic carbocycles. The van der Waals surface area contributed by atoms with E-state index in [4.69, 9.17) is 20.5 Å². The fraction of sp³-hybridized carbons (Fsp3) is 1.00. The van der Waals surface area contributed by atoms with Crippen LogP contribution in [0.15, 0.2) is 0 Å². The Hall–Kier alpha value is 0.427. The zero-order valence-corrected chi connectivity index (χ0v) is 11.5. The van der Waals surface area contributed by atoms with Crippen molar-refractivity contribution in [2.24, 2.45) is 0 Å². The molecular formula is C10H23ClO2Si. The topological polar surface area (TPSA) is 18.5 Å². The Labute approximate surface area is 94.8 Å². The maximum atomic E-state index is 6.09. The molecule has 14 heavy (non-hydrogen) atoms. The molecule has 0 heterocycles. The molecule has 0 aromatic carbocycles. The van der Waals surface area contributed by atoms with Crippen LogP contribution in [0.25, 0.3) is 0 Å². The average molecular weight is 239 g/mol.